The molecule has 0 aliphatic rings. The van der Waals surface area contributed by atoms with Gasteiger partial charge in [-0.3, -0.25) is 4.79 Å². The van der Waals surface area contributed by atoms with Gasteiger partial charge in [0, 0.05) is 12.8 Å². The Balaban J connectivity index is 1.59. The van der Waals surface area contributed by atoms with Crippen molar-refractivity contribution >= 4 is 39.5 Å². The number of aromatic nitrogens is 4. The van der Waals surface area contributed by atoms with E-state index in [1.807, 2.05) is 12.1 Å². The van der Waals surface area contributed by atoms with Gasteiger partial charge < -0.3 is 5.32 Å². The number of rotatable bonds is 4. The topological polar surface area (TPSA) is 72.2 Å². The summed E-state index contributed by atoms with van der Waals surface area (Å²) < 4.78 is 1.60. The zero-order chi connectivity index (χ0) is 13.9. The molecule has 0 aliphatic carbocycles. The molecule has 6 nitrogen and oxygen atoms in total. The third kappa shape index (κ3) is 2.78. The number of benzene rings is 1. The first-order chi connectivity index (χ1) is 9.72. The average molecular weight is 308 g/mol. The Morgan fingerprint density at radius 1 is 1.40 bits per heavy atom. The maximum atomic E-state index is 11.9. The quantitative estimate of drug-likeness (QED) is 0.803. The van der Waals surface area contributed by atoms with Crippen molar-refractivity contribution in [3.8, 4) is 0 Å². The summed E-state index contributed by atoms with van der Waals surface area (Å²) >= 11 is 7.41. The summed E-state index contributed by atoms with van der Waals surface area (Å²) in [6, 6.07) is 7.14. The van der Waals surface area contributed by atoms with Crippen LogP contribution >= 0.6 is 22.9 Å². The van der Waals surface area contributed by atoms with E-state index in [0.29, 0.717) is 23.6 Å². The molecule has 0 radical (unpaired) electrons. The number of halogens is 1. The number of hydrogen-bond acceptors (Lipinski definition) is 5. The molecule has 0 saturated heterocycles. The van der Waals surface area contributed by atoms with Gasteiger partial charge in [-0.25, -0.2) is 0 Å². The molecular formula is C12H10ClN5OS. The van der Waals surface area contributed by atoms with Crippen LogP contribution in [0, 0.1) is 0 Å². The van der Waals surface area contributed by atoms with Gasteiger partial charge in [0.1, 0.15) is 11.3 Å². The zero-order valence-electron chi connectivity index (χ0n) is 10.3. The van der Waals surface area contributed by atoms with Crippen molar-refractivity contribution in [2.45, 2.75) is 12.8 Å². The molecule has 8 heteroatoms. The molecule has 3 aromatic rings. The van der Waals surface area contributed by atoms with Gasteiger partial charge in [-0.1, -0.05) is 35.1 Å². The summed E-state index contributed by atoms with van der Waals surface area (Å²) in [5.41, 5.74) is 0.623. The van der Waals surface area contributed by atoms with E-state index >= 15 is 0 Å². The number of carbonyl (C=O) groups is 1. The van der Waals surface area contributed by atoms with Crippen molar-refractivity contribution in [1.29, 1.82) is 0 Å². The van der Waals surface area contributed by atoms with E-state index < -0.39 is 0 Å². The van der Waals surface area contributed by atoms with Crippen molar-refractivity contribution in [3.63, 3.8) is 0 Å². The summed E-state index contributed by atoms with van der Waals surface area (Å²) in [6.07, 6.45) is 2.44. The molecule has 1 N–H and O–H groups in total. The van der Waals surface area contributed by atoms with E-state index in [1.165, 1.54) is 11.3 Å². The molecule has 0 bridgehead atoms. The minimum atomic E-state index is -0.0935. The number of nitrogens with zero attached hydrogens (tertiary/aromatic N) is 4. The fourth-order valence-electron chi connectivity index (χ4n) is 1.70. The molecule has 2 heterocycles. The number of nitrogens with one attached hydrogen (secondary N) is 1. The maximum Gasteiger partial charge on any atom is 0.234 e. The molecular weight excluding hydrogens is 298 g/mol. The van der Waals surface area contributed by atoms with Crippen LogP contribution in [0.1, 0.15) is 11.4 Å². The van der Waals surface area contributed by atoms with E-state index in [2.05, 4.69) is 20.6 Å². The molecule has 0 saturated carbocycles. The van der Waals surface area contributed by atoms with E-state index in [9.17, 15) is 4.79 Å². The third-order valence-corrected chi connectivity index (χ3v) is 3.94. The standard InChI is InChI=1S/C12H10ClN5OS/c13-8-3-1-2-4-9(8)15-10(19)5-6-11-17-18-7-14-16-12(18)20-11/h1-4,7H,5-6H2,(H,15,19). The molecule has 102 valence electrons. The summed E-state index contributed by atoms with van der Waals surface area (Å²) in [6.45, 7) is 0. The summed E-state index contributed by atoms with van der Waals surface area (Å²) in [5.74, 6) is -0.0935. The van der Waals surface area contributed by atoms with Crippen LogP contribution in [0.15, 0.2) is 30.6 Å². The number of carbonyl (C=O) groups excluding carboxylic acids is 1. The molecule has 0 fully saturated rings. The smallest absolute Gasteiger partial charge is 0.234 e. The highest BCUT2D eigenvalue weighted by Crippen LogP contribution is 2.21. The number of fused-ring (bicyclic) bond motifs is 1. The minimum absolute atomic E-state index is 0.0935. The Hall–Kier alpha value is -1.99. The summed E-state index contributed by atoms with van der Waals surface area (Å²) in [4.78, 5) is 12.6. The lowest BCUT2D eigenvalue weighted by Crippen LogP contribution is -2.12. The fraction of sp³-hybridized carbons (Fsp3) is 0.167. The van der Waals surface area contributed by atoms with Crippen LogP contribution in [0.5, 0.6) is 0 Å². The van der Waals surface area contributed by atoms with E-state index in [4.69, 9.17) is 11.6 Å². The first kappa shape index (κ1) is 13.0. The SMILES string of the molecule is O=C(CCc1nn2cnnc2s1)Nc1ccccc1Cl. The number of anilines is 1. The second-order valence-corrected chi connectivity index (χ2v) is 5.53. The lowest BCUT2D eigenvalue weighted by molar-refractivity contribution is -0.116. The first-order valence-corrected chi connectivity index (χ1v) is 7.12. The predicted molar refractivity (Wildman–Crippen MR) is 77.1 cm³/mol. The van der Waals surface area contributed by atoms with Crippen molar-refractivity contribution in [2.75, 3.05) is 5.32 Å². The first-order valence-electron chi connectivity index (χ1n) is 5.92. The molecule has 20 heavy (non-hydrogen) atoms. The van der Waals surface area contributed by atoms with Gasteiger partial charge in [0.05, 0.1) is 10.7 Å². The largest absolute Gasteiger partial charge is 0.325 e. The van der Waals surface area contributed by atoms with E-state index in [0.717, 1.165) is 9.97 Å². The van der Waals surface area contributed by atoms with Crippen molar-refractivity contribution in [3.05, 3.63) is 40.6 Å². The van der Waals surface area contributed by atoms with Crippen LogP contribution in [0.4, 0.5) is 5.69 Å². The van der Waals surface area contributed by atoms with Gasteiger partial charge in [-0.15, -0.1) is 10.2 Å². The lowest BCUT2D eigenvalue weighted by Gasteiger charge is -2.05. The highest BCUT2D eigenvalue weighted by atomic mass is 35.5. The summed E-state index contributed by atoms with van der Waals surface area (Å²) in [7, 11) is 0. The van der Waals surface area contributed by atoms with Gasteiger partial charge in [0.15, 0.2) is 0 Å². The van der Waals surface area contributed by atoms with Crippen LogP contribution in [-0.2, 0) is 11.2 Å². The molecule has 0 atom stereocenters. The molecule has 3 rings (SSSR count). The molecule has 2 aromatic heterocycles. The van der Waals surface area contributed by atoms with Gasteiger partial charge in [0.2, 0.25) is 10.9 Å². The molecule has 0 spiro atoms. The number of hydrogen-bond donors (Lipinski definition) is 1. The van der Waals surface area contributed by atoms with Gasteiger partial charge in [0.25, 0.3) is 0 Å². The van der Waals surface area contributed by atoms with Crippen LogP contribution in [-0.4, -0.2) is 25.7 Å². The Labute approximate surface area is 123 Å². The normalized spacial score (nSPS) is 10.8. The minimum Gasteiger partial charge on any atom is -0.325 e. The third-order valence-electron chi connectivity index (χ3n) is 2.64. The Bertz CT molecular complexity index is 724. The second-order valence-electron chi connectivity index (χ2n) is 4.08. The highest BCUT2D eigenvalue weighted by molar-refractivity contribution is 7.16. The number of amides is 1. The molecule has 0 aliphatic heterocycles. The van der Waals surface area contributed by atoms with Gasteiger partial charge in [-0.05, 0) is 12.1 Å². The maximum absolute atomic E-state index is 11.9. The molecule has 1 amide bonds. The van der Waals surface area contributed by atoms with E-state index in [1.54, 1.807) is 23.0 Å². The Kier molecular flexibility index (Phi) is 3.62. The number of para-hydroxylation sites is 1. The zero-order valence-corrected chi connectivity index (χ0v) is 11.9. The Morgan fingerprint density at radius 3 is 3.05 bits per heavy atom. The Morgan fingerprint density at radius 2 is 2.25 bits per heavy atom. The van der Waals surface area contributed by atoms with Crippen molar-refractivity contribution in [2.24, 2.45) is 0 Å². The van der Waals surface area contributed by atoms with Crippen LogP contribution in [0.25, 0.3) is 4.96 Å². The second kappa shape index (κ2) is 5.56. The van der Waals surface area contributed by atoms with Crippen molar-refractivity contribution in [1.82, 2.24) is 19.8 Å². The summed E-state index contributed by atoms with van der Waals surface area (Å²) in [5, 5.41) is 16.1. The average Bonchev–Trinajstić information content (AvgIpc) is 3.00. The highest BCUT2D eigenvalue weighted by Gasteiger charge is 2.09. The lowest BCUT2D eigenvalue weighted by atomic mass is 10.2. The van der Waals surface area contributed by atoms with Crippen LogP contribution in [0.3, 0.4) is 0 Å². The van der Waals surface area contributed by atoms with Crippen molar-refractivity contribution < 1.29 is 4.79 Å². The van der Waals surface area contributed by atoms with Crippen LogP contribution in [0.2, 0.25) is 5.02 Å². The predicted octanol–water partition coefficient (Wildman–Crippen LogP) is 2.41. The molecule has 1 aromatic carbocycles. The van der Waals surface area contributed by atoms with Gasteiger partial charge in [-0.2, -0.15) is 9.61 Å². The van der Waals surface area contributed by atoms with Crippen LogP contribution < -0.4 is 5.32 Å². The molecule has 0 unspecified atom stereocenters. The van der Waals surface area contributed by atoms with E-state index in [-0.39, 0.29) is 5.91 Å². The fourth-order valence-corrected chi connectivity index (χ4v) is 2.69. The monoisotopic (exact) mass is 307 g/mol. The number of aryl methyl sites for hydroxylation is 1. The van der Waals surface area contributed by atoms with Gasteiger partial charge >= 0.3 is 0 Å².